The summed E-state index contributed by atoms with van der Waals surface area (Å²) >= 11 is 1.93. The summed E-state index contributed by atoms with van der Waals surface area (Å²) in [5.74, 6) is 0.533. The number of rotatable bonds is 8. The molecule has 1 aromatic carbocycles. The average Bonchev–Trinajstić information content (AvgIpc) is 3.23. The molecule has 0 aromatic heterocycles. The largest absolute Gasteiger partial charge is 0.393 e. The molecule has 124 valence electrons. The van der Waals surface area contributed by atoms with Crippen LogP contribution < -0.4 is 0 Å². The quantitative estimate of drug-likeness (QED) is 0.562. The van der Waals surface area contributed by atoms with Crippen LogP contribution in [0.3, 0.4) is 0 Å². The van der Waals surface area contributed by atoms with E-state index in [9.17, 15) is 5.11 Å². The summed E-state index contributed by atoms with van der Waals surface area (Å²) < 4.78 is 5.44. The third kappa shape index (κ3) is 5.00. The van der Waals surface area contributed by atoms with Gasteiger partial charge in [0.05, 0.1) is 18.8 Å². The van der Waals surface area contributed by atoms with Crippen molar-refractivity contribution < 1.29 is 9.84 Å². The number of aliphatic hydroxyl groups is 1. The van der Waals surface area contributed by atoms with Crippen molar-refractivity contribution in [1.29, 1.82) is 0 Å². The molecule has 1 heterocycles. The first-order chi connectivity index (χ1) is 10.4. The monoisotopic (exact) mass is 322 g/mol. The summed E-state index contributed by atoms with van der Waals surface area (Å²) in [5, 5.41) is 10.4. The van der Waals surface area contributed by atoms with Gasteiger partial charge in [0, 0.05) is 16.6 Å². The topological polar surface area (TPSA) is 32.8 Å². The van der Waals surface area contributed by atoms with Crippen LogP contribution in [0.15, 0.2) is 17.0 Å². The van der Waals surface area contributed by atoms with E-state index in [0.29, 0.717) is 17.3 Å². The standard InChI is InChI=1S/C19H30O2S/c1-6-13(4)18-9-16(8-17-11-21-17)19(22-12(2)3)10-15(18)7-14(5)20/h9-10,12-14,17,20H,6-8,11H2,1-5H3. The summed E-state index contributed by atoms with van der Waals surface area (Å²) in [6.07, 6.45) is 3.01. The van der Waals surface area contributed by atoms with E-state index in [4.69, 9.17) is 4.74 Å². The van der Waals surface area contributed by atoms with Crippen molar-refractivity contribution in [3.63, 3.8) is 0 Å². The van der Waals surface area contributed by atoms with Crippen LogP contribution in [0.4, 0.5) is 0 Å². The van der Waals surface area contributed by atoms with Gasteiger partial charge < -0.3 is 9.84 Å². The van der Waals surface area contributed by atoms with Crippen LogP contribution >= 0.6 is 11.8 Å². The first kappa shape index (κ1) is 17.8. The summed E-state index contributed by atoms with van der Waals surface area (Å²) in [6, 6.07) is 4.72. The molecule has 2 rings (SSSR count). The Morgan fingerprint density at radius 1 is 1.23 bits per heavy atom. The first-order valence-electron chi connectivity index (χ1n) is 8.52. The second-order valence-electron chi connectivity index (χ2n) is 6.85. The van der Waals surface area contributed by atoms with E-state index in [1.807, 2.05) is 18.7 Å². The molecule has 22 heavy (non-hydrogen) atoms. The number of aliphatic hydroxyl groups excluding tert-OH is 1. The lowest BCUT2D eigenvalue weighted by molar-refractivity contribution is 0.195. The minimum absolute atomic E-state index is 0.294. The van der Waals surface area contributed by atoms with E-state index < -0.39 is 0 Å². The van der Waals surface area contributed by atoms with Gasteiger partial charge in [-0.15, -0.1) is 11.8 Å². The summed E-state index contributed by atoms with van der Waals surface area (Å²) in [5.41, 5.74) is 4.14. The Morgan fingerprint density at radius 2 is 1.91 bits per heavy atom. The van der Waals surface area contributed by atoms with Crippen molar-refractivity contribution in [3.8, 4) is 0 Å². The highest BCUT2D eigenvalue weighted by molar-refractivity contribution is 8.00. The molecule has 3 unspecified atom stereocenters. The van der Waals surface area contributed by atoms with E-state index in [-0.39, 0.29) is 6.10 Å². The van der Waals surface area contributed by atoms with Gasteiger partial charge in [0.1, 0.15) is 0 Å². The minimum atomic E-state index is -0.294. The molecule has 0 bridgehead atoms. The number of epoxide rings is 1. The lowest BCUT2D eigenvalue weighted by Gasteiger charge is -2.21. The van der Waals surface area contributed by atoms with Crippen molar-refractivity contribution >= 4 is 11.8 Å². The Morgan fingerprint density at radius 3 is 2.41 bits per heavy atom. The van der Waals surface area contributed by atoms with Crippen LogP contribution in [0.25, 0.3) is 0 Å². The molecule has 0 radical (unpaired) electrons. The molecule has 2 nitrogen and oxygen atoms in total. The number of hydrogen-bond donors (Lipinski definition) is 1. The van der Waals surface area contributed by atoms with Crippen molar-refractivity contribution in [2.24, 2.45) is 0 Å². The Kier molecular flexibility index (Phi) is 6.36. The number of benzene rings is 1. The first-order valence-corrected chi connectivity index (χ1v) is 9.40. The van der Waals surface area contributed by atoms with E-state index in [1.165, 1.54) is 21.6 Å². The molecule has 1 saturated heterocycles. The highest BCUT2D eigenvalue weighted by Gasteiger charge is 2.25. The Balaban J connectivity index is 2.40. The molecule has 3 atom stereocenters. The van der Waals surface area contributed by atoms with E-state index in [0.717, 1.165) is 25.9 Å². The third-order valence-corrected chi connectivity index (χ3v) is 5.30. The van der Waals surface area contributed by atoms with Gasteiger partial charge in [0.2, 0.25) is 0 Å². The summed E-state index contributed by atoms with van der Waals surface area (Å²) in [7, 11) is 0. The van der Waals surface area contributed by atoms with Gasteiger partial charge in [0.25, 0.3) is 0 Å². The minimum Gasteiger partial charge on any atom is -0.393 e. The average molecular weight is 323 g/mol. The van der Waals surface area contributed by atoms with E-state index in [2.05, 4.69) is 39.8 Å². The zero-order chi connectivity index (χ0) is 16.3. The maximum absolute atomic E-state index is 9.86. The Labute approximate surface area is 139 Å². The van der Waals surface area contributed by atoms with Gasteiger partial charge in [-0.3, -0.25) is 0 Å². The molecule has 0 spiro atoms. The lowest BCUT2D eigenvalue weighted by Crippen LogP contribution is -2.10. The van der Waals surface area contributed by atoms with Crippen LogP contribution in [-0.2, 0) is 17.6 Å². The van der Waals surface area contributed by atoms with Gasteiger partial charge in [-0.2, -0.15) is 0 Å². The molecule has 1 aromatic rings. The van der Waals surface area contributed by atoms with Crippen LogP contribution in [0.2, 0.25) is 0 Å². The van der Waals surface area contributed by atoms with Gasteiger partial charge in [-0.1, -0.05) is 33.8 Å². The van der Waals surface area contributed by atoms with Crippen molar-refractivity contribution in [2.45, 2.75) is 82.2 Å². The molecule has 3 heteroatoms. The van der Waals surface area contributed by atoms with Gasteiger partial charge in [-0.25, -0.2) is 0 Å². The Hall–Kier alpha value is -0.510. The van der Waals surface area contributed by atoms with Gasteiger partial charge >= 0.3 is 0 Å². The highest BCUT2D eigenvalue weighted by Crippen LogP contribution is 2.35. The Bertz CT molecular complexity index is 492. The highest BCUT2D eigenvalue weighted by atomic mass is 32.2. The predicted molar refractivity (Wildman–Crippen MR) is 95.0 cm³/mol. The van der Waals surface area contributed by atoms with Crippen LogP contribution in [-0.4, -0.2) is 29.2 Å². The van der Waals surface area contributed by atoms with Crippen LogP contribution in [0.5, 0.6) is 0 Å². The normalized spacial score (nSPS) is 20.2. The van der Waals surface area contributed by atoms with Crippen LogP contribution in [0.1, 0.15) is 63.6 Å². The molecule has 1 N–H and O–H groups in total. The zero-order valence-electron chi connectivity index (χ0n) is 14.6. The molecule has 1 aliphatic heterocycles. The maximum Gasteiger partial charge on any atom is 0.0850 e. The number of thioether (sulfide) groups is 1. The predicted octanol–water partition coefficient (Wildman–Crippen LogP) is 4.57. The SMILES string of the molecule is CCC(C)c1cc(CC2CO2)c(SC(C)C)cc1CC(C)O. The van der Waals surface area contributed by atoms with Crippen LogP contribution in [0, 0.1) is 0 Å². The van der Waals surface area contributed by atoms with Gasteiger partial charge in [-0.05, 0) is 48.4 Å². The molecule has 1 fully saturated rings. The number of hydrogen-bond acceptors (Lipinski definition) is 3. The zero-order valence-corrected chi connectivity index (χ0v) is 15.4. The molecule has 0 saturated carbocycles. The van der Waals surface area contributed by atoms with Crippen molar-refractivity contribution in [3.05, 3.63) is 28.8 Å². The fourth-order valence-corrected chi connectivity index (χ4v) is 3.83. The fourth-order valence-electron chi connectivity index (χ4n) is 2.81. The second-order valence-corrected chi connectivity index (χ2v) is 8.47. The summed E-state index contributed by atoms with van der Waals surface area (Å²) in [4.78, 5) is 1.37. The molecular weight excluding hydrogens is 292 g/mol. The summed E-state index contributed by atoms with van der Waals surface area (Å²) in [6.45, 7) is 11.8. The second kappa shape index (κ2) is 7.85. The fraction of sp³-hybridized carbons (Fsp3) is 0.684. The molecule has 0 amide bonds. The van der Waals surface area contributed by atoms with Crippen molar-refractivity contribution in [1.82, 2.24) is 0 Å². The van der Waals surface area contributed by atoms with E-state index in [1.54, 1.807) is 0 Å². The third-order valence-electron chi connectivity index (χ3n) is 4.19. The maximum atomic E-state index is 9.86. The smallest absolute Gasteiger partial charge is 0.0850 e. The lowest BCUT2D eigenvalue weighted by atomic mass is 9.89. The molecule has 0 aliphatic carbocycles. The van der Waals surface area contributed by atoms with E-state index >= 15 is 0 Å². The number of ether oxygens (including phenoxy) is 1. The molecular formula is C19H30O2S. The molecule has 1 aliphatic rings. The van der Waals surface area contributed by atoms with Crippen molar-refractivity contribution in [2.75, 3.05) is 6.61 Å². The van der Waals surface area contributed by atoms with Gasteiger partial charge in [0.15, 0.2) is 0 Å².